The van der Waals surface area contributed by atoms with Crippen molar-refractivity contribution in [3.05, 3.63) is 5.82 Å². The molecule has 2 rings (SSSR count). The van der Waals surface area contributed by atoms with E-state index in [1.165, 1.54) is 12.8 Å². The van der Waals surface area contributed by atoms with Crippen molar-refractivity contribution in [2.24, 2.45) is 5.92 Å². The standard InChI is InChI=1S/C11H18BrN3S/c1-3-10-13-11(16-14-10)15-6-4-9(5-7-15)8(2)12/h8-9H,3-7H2,1-2H3. The third-order valence-corrected chi connectivity index (χ3v) is 4.80. The molecular formula is C11H18BrN3S. The number of hydrogen-bond donors (Lipinski definition) is 0. The summed E-state index contributed by atoms with van der Waals surface area (Å²) in [5.74, 6) is 1.80. The van der Waals surface area contributed by atoms with Crippen LogP contribution in [0.25, 0.3) is 0 Å². The van der Waals surface area contributed by atoms with Crippen LogP contribution in [0, 0.1) is 5.92 Å². The molecule has 0 saturated carbocycles. The molecule has 1 fully saturated rings. The first-order valence-electron chi connectivity index (χ1n) is 5.92. The molecule has 1 aliphatic rings. The van der Waals surface area contributed by atoms with Crippen LogP contribution in [0.15, 0.2) is 0 Å². The fourth-order valence-corrected chi connectivity index (χ4v) is 3.40. The molecule has 3 nitrogen and oxygen atoms in total. The maximum absolute atomic E-state index is 4.54. The zero-order valence-corrected chi connectivity index (χ0v) is 12.2. The summed E-state index contributed by atoms with van der Waals surface area (Å²) in [6, 6.07) is 0. The predicted molar refractivity (Wildman–Crippen MR) is 72.6 cm³/mol. The number of rotatable bonds is 3. The SMILES string of the molecule is CCc1nsc(N2CCC(C(C)Br)CC2)n1. The number of aromatic nitrogens is 2. The molecule has 2 heterocycles. The zero-order valence-electron chi connectivity index (χ0n) is 9.82. The number of hydrogen-bond acceptors (Lipinski definition) is 4. The van der Waals surface area contributed by atoms with E-state index in [2.05, 4.69) is 44.0 Å². The highest BCUT2D eigenvalue weighted by Crippen LogP contribution is 2.28. The zero-order chi connectivity index (χ0) is 11.5. The first kappa shape index (κ1) is 12.3. The van der Waals surface area contributed by atoms with E-state index in [9.17, 15) is 0 Å². The lowest BCUT2D eigenvalue weighted by Gasteiger charge is -2.32. The molecule has 0 aliphatic carbocycles. The number of nitrogens with zero attached hydrogens (tertiary/aromatic N) is 3. The van der Waals surface area contributed by atoms with Gasteiger partial charge in [0, 0.05) is 35.9 Å². The van der Waals surface area contributed by atoms with Crippen LogP contribution in [-0.4, -0.2) is 27.3 Å². The van der Waals surface area contributed by atoms with Gasteiger partial charge in [0.15, 0.2) is 0 Å². The third kappa shape index (κ3) is 2.74. The number of aryl methyl sites for hydroxylation is 1. The van der Waals surface area contributed by atoms with Crippen molar-refractivity contribution in [2.75, 3.05) is 18.0 Å². The van der Waals surface area contributed by atoms with Gasteiger partial charge in [-0.05, 0) is 18.8 Å². The minimum absolute atomic E-state index is 0.635. The van der Waals surface area contributed by atoms with E-state index in [0.29, 0.717) is 4.83 Å². The average Bonchev–Trinajstić information content (AvgIpc) is 2.77. The molecule has 0 N–H and O–H groups in total. The van der Waals surface area contributed by atoms with Gasteiger partial charge in [0.2, 0.25) is 5.13 Å². The molecule has 16 heavy (non-hydrogen) atoms. The Morgan fingerprint density at radius 1 is 1.50 bits per heavy atom. The lowest BCUT2D eigenvalue weighted by Crippen LogP contribution is -2.35. The van der Waals surface area contributed by atoms with Gasteiger partial charge in [-0.3, -0.25) is 0 Å². The molecule has 5 heteroatoms. The van der Waals surface area contributed by atoms with E-state index in [0.717, 1.165) is 36.4 Å². The van der Waals surface area contributed by atoms with Crippen LogP contribution < -0.4 is 4.90 Å². The second-order valence-corrected chi connectivity index (χ2v) is 6.52. The summed E-state index contributed by atoms with van der Waals surface area (Å²) in [5, 5.41) is 1.11. The van der Waals surface area contributed by atoms with Crippen molar-refractivity contribution in [3.8, 4) is 0 Å². The van der Waals surface area contributed by atoms with Crippen LogP contribution in [0.4, 0.5) is 5.13 Å². The molecule has 1 unspecified atom stereocenters. The van der Waals surface area contributed by atoms with Gasteiger partial charge >= 0.3 is 0 Å². The minimum Gasteiger partial charge on any atom is -0.347 e. The van der Waals surface area contributed by atoms with E-state index in [1.54, 1.807) is 11.5 Å². The first-order chi connectivity index (χ1) is 7.70. The maximum Gasteiger partial charge on any atom is 0.205 e. The molecule has 1 aromatic rings. The normalized spacial score (nSPS) is 20.1. The lowest BCUT2D eigenvalue weighted by atomic mass is 9.95. The van der Waals surface area contributed by atoms with Crippen LogP contribution >= 0.6 is 27.5 Å². The summed E-state index contributed by atoms with van der Waals surface area (Å²) in [5.41, 5.74) is 0. The van der Waals surface area contributed by atoms with Gasteiger partial charge in [0.05, 0.1) is 0 Å². The van der Waals surface area contributed by atoms with E-state index < -0.39 is 0 Å². The lowest BCUT2D eigenvalue weighted by molar-refractivity contribution is 0.407. The van der Waals surface area contributed by atoms with E-state index in [1.807, 2.05) is 0 Å². The monoisotopic (exact) mass is 303 g/mol. The van der Waals surface area contributed by atoms with Crippen LogP contribution in [0.1, 0.15) is 32.5 Å². The van der Waals surface area contributed by atoms with Gasteiger partial charge in [-0.1, -0.05) is 29.8 Å². The summed E-state index contributed by atoms with van der Waals surface area (Å²) < 4.78 is 4.34. The highest BCUT2D eigenvalue weighted by Gasteiger charge is 2.24. The third-order valence-electron chi connectivity index (χ3n) is 3.23. The van der Waals surface area contributed by atoms with Crippen molar-refractivity contribution in [1.29, 1.82) is 0 Å². The average molecular weight is 304 g/mol. The Hall–Kier alpha value is -0.160. The Bertz CT molecular complexity index is 332. The van der Waals surface area contributed by atoms with Crippen LogP contribution in [-0.2, 0) is 6.42 Å². The van der Waals surface area contributed by atoms with Crippen LogP contribution in [0.3, 0.4) is 0 Å². The van der Waals surface area contributed by atoms with Crippen molar-refractivity contribution in [2.45, 2.75) is 37.9 Å². The predicted octanol–water partition coefficient (Wildman–Crippen LogP) is 3.10. The quantitative estimate of drug-likeness (QED) is 0.804. The Labute approximate surface area is 110 Å². The molecule has 1 aliphatic heterocycles. The molecule has 0 amide bonds. The van der Waals surface area contributed by atoms with Gasteiger partial charge in [0.25, 0.3) is 0 Å². The van der Waals surface area contributed by atoms with Gasteiger partial charge in [0.1, 0.15) is 5.82 Å². The van der Waals surface area contributed by atoms with Crippen LogP contribution in [0.5, 0.6) is 0 Å². The van der Waals surface area contributed by atoms with E-state index >= 15 is 0 Å². The van der Waals surface area contributed by atoms with Crippen LogP contribution in [0.2, 0.25) is 0 Å². The molecule has 0 radical (unpaired) electrons. The van der Waals surface area contributed by atoms with Crippen molar-refractivity contribution < 1.29 is 0 Å². The Balaban J connectivity index is 1.93. The molecule has 1 aromatic heterocycles. The smallest absolute Gasteiger partial charge is 0.205 e. The summed E-state index contributed by atoms with van der Waals surface area (Å²) in [4.78, 5) is 7.56. The summed E-state index contributed by atoms with van der Waals surface area (Å²) >= 11 is 5.23. The van der Waals surface area contributed by atoms with Crippen molar-refractivity contribution in [3.63, 3.8) is 0 Å². The number of piperidine rings is 1. The molecule has 0 bridgehead atoms. The fourth-order valence-electron chi connectivity index (χ4n) is 2.07. The highest BCUT2D eigenvalue weighted by atomic mass is 79.9. The van der Waals surface area contributed by atoms with Crippen molar-refractivity contribution in [1.82, 2.24) is 9.36 Å². The summed E-state index contributed by atoms with van der Waals surface area (Å²) in [7, 11) is 0. The molecular weight excluding hydrogens is 286 g/mol. The second-order valence-electron chi connectivity index (χ2n) is 4.35. The van der Waals surface area contributed by atoms with E-state index in [4.69, 9.17) is 0 Å². The first-order valence-corrected chi connectivity index (χ1v) is 7.61. The van der Waals surface area contributed by atoms with Gasteiger partial charge in [-0.15, -0.1) is 0 Å². The number of alkyl halides is 1. The topological polar surface area (TPSA) is 29.0 Å². The highest BCUT2D eigenvalue weighted by molar-refractivity contribution is 9.09. The number of anilines is 1. The molecule has 90 valence electrons. The number of halogens is 1. The van der Waals surface area contributed by atoms with Crippen molar-refractivity contribution >= 4 is 32.6 Å². The fraction of sp³-hybridized carbons (Fsp3) is 0.818. The van der Waals surface area contributed by atoms with Gasteiger partial charge in [-0.25, -0.2) is 4.98 Å². The molecule has 1 atom stereocenters. The minimum atomic E-state index is 0.635. The maximum atomic E-state index is 4.54. The molecule has 1 saturated heterocycles. The van der Waals surface area contributed by atoms with Gasteiger partial charge < -0.3 is 4.90 Å². The largest absolute Gasteiger partial charge is 0.347 e. The Kier molecular flexibility index (Phi) is 4.19. The summed E-state index contributed by atoms with van der Waals surface area (Å²) in [6.07, 6.45) is 3.45. The molecule has 0 aromatic carbocycles. The Morgan fingerprint density at radius 3 is 2.69 bits per heavy atom. The Morgan fingerprint density at radius 2 is 2.19 bits per heavy atom. The summed E-state index contributed by atoms with van der Waals surface area (Å²) in [6.45, 7) is 6.60. The molecule has 0 spiro atoms. The van der Waals surface area contributed by atoms with E-state index in [-0.39, 0.29) is 0 Å². The van der Waals surface area contributed by atoms with Gasteiger partial charge in [-0.2, -0.15) is 4.37 Å². The second kappa shape index (κ2) is 5.45.